The Balaban J connectivity index is 1.92. The van der Waals surface area contributed by atoms with Gasteiger partial charge in [0.2, 0.25) is 10.0 Å². The fourth-order valence-corrected chi connectivity index (χ4v) is 3.72. The summed E-state index contributed by atoms with van der Waals surface area (Å²) in [6, 6.07) is 17.0. The van der Waals surface area contributed by atoms with E-state index < -0.39 is 10.0 Å². The lowest BCUT2D eigenvalue weighted by atomic mass is 10.1. The second-order valence-electron chi connectivity index (χ2n) is 4.88. The summed E-state index contributed by atoms with van der Waals surface area (Å²) < 4.78 is 27.3. The third-order valence-corrected chi connectivity index (χ3v) is 6.00. The number of hydrogen-bond donors (Lipinski definition) is 1. The van der Waals surface area contributed by atoms with Crippen LogP contribution >= 0.6 is 22.6 Å². The van der Waals surface area contributed by atoms with Crippen LogP contribution < -0.4 is 4.72 Å². The molecule has 0 aliphatic rings. The third-order valence-electron chi connectivity index (χ3n) is 3.18. The van der Waals surface area contributed by atoms with Gasteiger partial charge in [0, 0.05) is 10.5 Å². The van der Waals surface area contributed by atoms with Crippen molar-refractivity contribution in [1.82, 2.24) is 4.72 Å². The van der Waals surface area contributed by atoms with E-state index in [0.29, 0.717) is 15.4 Å². The van der Waals surface area contributed by atoms with Crippen LogP contribution in [0.3, 0.4) is 0 Å². The summed E-state index contributed by atoms with van der Waals surface area (Å²) in [7, 11) is -3.41. The van der Waals surface area contributed by atoms with Gasteiger partial charge in [-0.25, -0.2) is 13.1 Å². The highest BCUT2D eigenvalue weighted by atomic mass is 127. The molecule has 2 aromatic carbocycles. The lowest BCUT2D eigenvalue weighted by Gasteiger charge is -2.11. The van der Waals surface area contributed by atoms with Gasteiger partial charge in [-0.05, 0) is 31.0 Å². The standard InChI is InChI=1S/C16H18INO2S/c1-13-7-9-15(10-8-13)21(19,20)18-12-11-16(17)14-5-3-2-4-6-14/h2-10,16,18H,11-12H2,1H3. The third kappa shape index (κ3) is 4.79. The molecule has 0 heterocycles. The molecule has 0 aliphatic heterocycles. The fourth-order valence-electron chi connectivity index (χ4n) is 1.95. The van der Waals surface area contributed by atoms with E-state index in [1.165, 1.54) is 5.56 Å². The Kier molecular flexibility index (Phi) is 5.78. The average Bonchev–Trinajstić information content (AvgIpc) is 2.48. The zero-order chi connectivity index (χ0) is 15.3. The summed E-state index contributed by atoms with van der Waals surface area (Å²) in [5.41, 5.74) is 2.26. The number of nitrogens with one attached hydrogen (secondary N) is 1. The summed E-state index contributed by atoms with van der Waals surface area (Å²) >= 11 is 2.34. The summed E-state index contributed by atoms with van der Waals surface area (Å²) in [4.78, 5) is 0.317. The minimum Gasteiger partial charge on any atom is -0.211 e. The number of hydrogen-bond acceptors (Lipinski definition) is 2. The Bertz CT molecular complexity index is 669. The molecule has 0 aromatic heterocycles. The van der Waals surface area contributed by atoms with Gasteiger partial charge in [-0.15, -0.1) is 0 Å². The predicted molar refractivity (Wildman–Crippen MR) is 94.2 cm³/mol. The van der Waals surface area contributed by atoms with Crippen molar-refractivity contribution in [3.05, 3.63) is 65.7 Å². The van der Waals surface area contributed by atoms with E-state index in [-0.39, 0.29) is 0 Å². The normalized spacial score (nSPS) is 13.0. The molecule has 2 aromatic rings. The fraction of sp³-hybridized carbons (Fsp3) is 0.250. The van der Waals surface area contributed by atoms with Crippen molar-refractivity contribution in [2.75, 3.05) is 6.54 Å². The molecule has 2 rings (SSSR count). The van der Waals surface area contributed by atoms with Crippen molar-refractivity contribution in [1.29, 1.82) is 0 Å². The quantitative estimate of drug-likeness (QED) is 0.576. The average molecular weight is 415 g/mol. The van der Waals surface area contributed by atoms with Crippen LogP contribution in [0.4, 0.5) is 0 Å². The van der Waals surface area contributed by atoms with Crippen molar-refractivity contribution in [2.24, 2.45) is 0 Å². The van der Waals surface area contributed by atoms with E-state index in [9.17, 15) is 8.42 Å². The first-order chi connectivity index (χ1) is 9.99. The number of benzene rings is 2. The van der Waals surface area contributed by atoms with Crippen molar-refractivity contribution in [3.63, 3.8) is 0 Å². The number of rotatable bonds is 6. The van der Waals surface area contributed by atoms with Gasteiger partial charge in [0.15, 0.2) is 0 Å². The van der Waals surface area contributed by atoms with Crippen molar-refractivity contribution < 1.29 is 8.42 Å². The van der Waals surface area contributed by atoms with E-state index in [0.717, 1.165) is 12.0 Å². The highest BCUT2D eigenvalue weighted by Gasteiger charge is 2.14. The molecule has 21 heavy (non-hydrogen) atoms. The topological polar surface area (TPSA) is 46.2 Å². The second-order valence-corrected chi connectivity index (χ2v) is 8.15. The molecule has 0 amide bonds. The van der Waals surface area contributed by atoms with Gasteiger partial charge in [0.25, 0.3) is 0 Å². The molecule has 0 aliphatic carbocycles. The molecule has 112 valence electrons. The highest BCUT2D eigenvalue weighted by Crippen LogP contribution is 2.26. The minimum atomic E-state index is -3.41. The molecule has 0 saturated carbocycles. The first-order valence-corrected chi connectivity index (χ1v) is 9.47. The number of halogens is 1. The Hall–Kier alpha value is -0.920. The Morgan fingerprint density at radius 2 is 1.67 bits per heavy atom. The zero-order valence-electron chi connectivity index (χ0n) is 11.8. The largest absolute Gasteiger partial charge is 0.240 e. The Morgan fingerprint density at radius 1 is 1.05 bits per heavy atom. The molecule has 3 nitrogen and oxygen atoms in total. The van der Waals surface area contributed by atoms with Crippen LogP contribution in [-0.4, -0.2) is 15.0 Å². The van der Waals surface area contributed by atoms with E-state index in [4.69, 9.17) is 0 Å². The van der Waals surface area contributed by atoms with Gasteiger partial charge in [-0.3, -0.25) is 0 Å². The van der Waals surface area contributed by atoms with Crippen molar-refractivity contribution in [2.45, 2.75) is 22.2 Å². The molecular weight excluding hydrogens is 397 g/mol. The van der Waals surface area contributed by atoms with Gasteiger partial charge >= 0.3 is 0 Å². The van der Waals surface area contributed by atoms with Crippen molar-refractivity contribution >= 4 is 32.6 Å². The molecule has 0 fully saturated rings. The lowest BCUT2D eigenvalue weighted by Crippen LogP contribution is -2.25. The van der Waals surface area contributed by atoms with Crippen molar-refractivity contribution in [3.8, 4) is 0 Å². The lowest BCUT2D eigenvalue weighted by molar-refractivity contribution is 0.579. The summed E-state index contributed by atoms with van der Waals surface area (Å²) in [6.07, 6.45) is 0.760. The molecule has 5 heteroatoms. The van der Waals surface area contributed by atoms with Crippen LogP contribution in [0.15, 0.2) is 59.5 Å². The van der Waals surface area contributed by atoms with E-state index in [1.54, 1.807) is 24.3 Å². The molecule has 1 unspecified atom stereocenters. The molecule has 0 saturated heterocycles. The van der Waals surface area contributed by atoms with E-state index >= 15 is 0 Å². The maximum atomic E-state index is 12.1. The summed E-state index contributed by atoms with van der Waals surface area (Å²) in [5.74, 6) is 0. The minimum absolute atomic E-state index is 0.296. The zero-order valence-corrected chi connectivity index (χ0v) is 14.8. The molecule has 0 radical (unpaired) electrons. The molecular formula is C16H18INO2S. The van der Waals surface area contributed by atoms with Gasteiger partial charge in [0.1, 0.15) is 0 Å². The predicted octanol–water partition coefficient (Wildman–Crippen LogP) is 3.84. The Labute approximate surface area is 140 Å². The van der Waals surface area contributed by atoms with Gasteiger partial charge in [-0.2, -0.15) is 0 Å². The first kappa shape index (κ1) is 16.5. The maximum absolute atomic E-state index is 12.1. The first-order valence-electron chi connectivity index (χ1n) is 6.74. The van der Waals surface area contributed by atoms with Crippen LogP contribution in [0.2, 0.25) is 0 Å². The smallest absolute Gasteiger partial charge is 0.211 e. The van der Waals surface area contributed by atoms with Gasteiger partial charge in [0.05, 0.1) is 4.90 Å². The van der Waals surface area contributed by atoms with Crippen LogP contribution in [0.25, 0.3) is 0 Å². The van der Waals surface area contributed by atoms with E-state index in [1.807, 2.05) is 25.1 Å². The SMILES string of the molecule is Cc1ccc(S(=O)(=O)NCCC(I)c2ccccc2)cc1. The molecule has 0 bridgehead atoms. The summed E-state index contributed by atoms with van der Waals surface area (Å²) in [6.45, 7) is 2.36. The number of aryl methyl sites for hydroxylation is 1. The molecule has 1 N–H and O–H groups in total. The monoisotopic (exact) mass is 415 g/mol. The van der Waals surface area contributed by atoms with Gasteiger partial charge in [-0.1, -0.05) is 70.6 Å². The van der Waals surface area contributed by atoms with Crippen LogP contribution in [0, 0.1) is 6.92 Å². The highest BCUT2D eigenvalue weighted by molar-refractivity contribution is 14.1. The summed E-state index contributed by atoms with van der Waals surface area (Å²) in [5, 5.41) is 0. The molecule has 0 spiro atoms. The second kappa shape index (κ2) is 7.38. The van der Waals surface area contributed by atoms with Crippen LogP contribution in [-0.2, 0) is 10.0 Å². The number of sulfonamides is 1. The molecule has 1 atom stereocenters. The van der Waals surface area contributed by atoms with Crippen LogP contribution in [0.5, 0.6) is 0 Å². The maximum Gasteiger partial charge on any atom is 0.240 e. The number of alkyl halides is 1. The van der Waals surface area contributed by atoms with Gasteiger partial charge < -0.3 is 0 Å². The Morgan fingerprint density at radius 3 is 2.29 bits per heavy atom. The van der Waals surface area contributed by atoms with Crippen LogP contribution in [0.1, 0.15) is 21.5 Å². The van der Waals surface area contributed by atoms with E-state index in [2.05, 4.69) is 39.4 Å².